The van der Waals surface area contributed by atoms with Crippen molar-refractivity contribution in [3.63, 3.8) is 0 Å². The Morgan fingerprint density at radius 2 is 2.00 bits per heavy atom. The molecule has 0 aromatic rings. The predicted octanol–water partition coefficient (Wildman–Crippen LogP) is 2.89. The number of aliphatic hydroxyl groups excluding tert-OH is 1. The zero-order valence-electron chi connectivity index (χ0n) is 7.71. The van der Waals surface area contributed by atoms with Crippen molar-refractivity contribution >= 4 is 0 Å². The zero-order chi connectivity index (χ0) is 8.53. The highest BCUT2D eigenvalue weighted by Crippen LogP contribution is 2.02. The molecule has 11 heavy (non-hydrogen) atoms. The molecule has 1 atom stereocenters. The van der Waals surface area contributed by atoms with E-state index in [0.717, 1.165) is 25.7 Å². The molecule has 1 nitrogen and oxygen atoms in total. The van der Waals surface area contributed by atoms with Crippen molar-refractivity contribution in [1.82, 2.24) is 0 Å². The van der Waals surface area contributed by atoms with Gasteiger partial charge in [0.25, 0.3) is 0 Å². The Bertz CT molecular complexity index is 97.0. The van der Waals surface area contributed by atoms with Gasteiger partial charge in [0, 0.05) is 0 Å². The second-order valence-electron chi connectivity index (χ2n) is 2.93. The molecule has 0 bridgehead atoms. The van der Waals surface area contributed by atoms with E-state index in [2.05, 4.69) is 19.9 Å². The molecule has 0 saturated heterocycles. The minimum Gasteiger partial charge on any atom is -0.389 e. The highest BCUT2D eigenvalue weighted by Gasteiger charge is 1.95. The van der Waals surface area contributed by atoms with Crippen LogP contribution >= 0.6 is 0 Å². The van der Waals surface area contributed by atoms with Crippen molar-refractivity contribution < 1.29 is 5.11 Å². The Hall–Kier alpha value is -0.300. The van der Waals surface area contributed by atoms with Gasteiger partial charge < -0.3 is 5.11 Å². The molecular formula is C10H20O. The average molecular weight is 156 g/mol. The van der Waals surface area contributed by atoms with Gasteiger partial charge in [0.05, 0.1) is 6.10 Å². The van der Waals surface area contributed by atoms with Gasteiger partial charge >= 0.3 is 0 Å². The summed E-state index contributed by atoms with van der Waals surface area (Å²) in [4.78, 5) is 0. The first-order chi connectivity index (χ1) is 5.31. The molecule has 0 aromatic heterocycles. The molecule has 0 aliphatic carbocycles. The fourth-order valence-electron chi connectivity index (χ4n) is 0.929. The largest absolute Gasteiger partial charge is 0.389 e. The van der Waals surface area contributed by atoms with E-state index in [1.807, 2.05) is 6.08 Å². The SMILES string of the molecule is CCC/C=C\C(O)CCCC. The molecule has 0 saturated carbocycles. The van der Waals surface area contributed by atoms with Gasteiger partial charge in [-0.3, -0.25) is 0 Å². The van der Waals surface area contributed by atoms with Gasteiger partial charge in [0.1, 0.15) is 0 Å². The van der Waals surface area contributed by atoms with Crippen LogP contribution in [0.2, 0.25) is 0 Å². The van der Waals surface area contributed by atoms with E-state index in [1.165, 1.54) is 6.42 Å². The third kappa shape index (κ3) is 7.60. The fourth-order valence-corrected chi connectivity index (χ4v) is 0.929. The Balaban J connectivity index is 3.27. The summed E-state index contributed by atoms with van der Waals surface area (Å²) in [6.45, 7) is 4.28. The number of aliphatic hydroxyl groups is 1. The van der Waals surface area contributed by atoms with E-state index in [-0.39, 0.29) is 6.10 Å². The number of unbranched alkanes of at least 4 members (excludes halogenated alkanes) is 2. The van der Waals surface area contributed by atoms with Gasteiger partial charge in [0.2, 0.25) is 0 Å². The lowest BCUT2D eigenvalue weighted by molar-refractivity contribution is 0.209. The maximum absolute atomic E-state index is 9.32. The van der Waals surface area contributed by atoms with Crippen molar-refractivity contribution in [2.24, 2.45) is 0 Å². The Kier molecular flexibility index (Phi) is 7.59. The van der Waals surface area contributed by atoms with Gasteiger partial charge in [-0.2, -0.15) is 0 Å². The van der Waals surface area contributed by atoms with E-state index in [4.69, 9.17) is 0 Å². The van der Waals surface area contributed by atoms with Crippen molar-refractivity contribution in [1.29, 1.82) is 0 Å². The second kappa shape index (κ2) is 7.80. The molecule has 1 heteroatoms. The summed E-state index contributed by atoms with van der Waals surface area (Å²) < 4.78 is 0. The third-order valence-electron chi connectivity index (χ3n) is 1.67. The van der Waals surface area contributed by atoms with Crippen molar-refractivity contribution in [2.75, 3.05) is 0 Å². The molecular weight excluding hydrogens is 136 g/mol. The van der Waals surface area contributed by atoms with Crippen LogP contribution in [0.3, 0.4) is 0 Å². The molecule has 0 heterocycles. The molecule has 0 aliphatic rings. The van der Waals surface area contributed by atoms with Crippen LogP contribution in [0.25, 0.3) is 0 Å². The highest BCUT2D eigenvalue weighted by atomic mass is 16.3. The van der Waals surface area contributed by atoms with Crippen molar-refractivity contribution in [2.45, 2.75) is 52.1 Å². The van der Waals surface area contributed by atoms with E-state index in [0.29, 0.717) is 0 Å². The first kappa shape index (κ1) is 10.7. The average Bonchev–Trinajstić information content (AvgIpc) is 2.01. The Morgan fingerprint density at radius 3 is 2.55 bits per heavy atom. The van der Waals surface area contributed by atoms with Crippen LogP contribution in [0.4, 0.5) is 0 Å². The standard InChI is InChI=1S/C10H20O/c1-3-5-7-9-10(11)8-6-4-2/h7,9-11H,3-6,8H2,1-2H3/b9-7-. The van der Waals surface area contributed by atoms with Gasteiger partial charge in [0.15, 0.2) is 0 Å². The quantitative estimate of drug-likeness (QED) is 0.586. The van der Waals surface area contributed by atoms with E-state index >= 15 is 0 Å². The zero-order valence-corrected chi connectivity index (χ0v) is 7.71. The minimum atomic E-state index is -0.207. The summed E-state index contributed by atoms with van der Waals surface area (Å²) in [6.07, 6.45) is 9.23. The monoisotopic (exact) mass is 156 g/mol. The number of hydrogen-bond donors (Lipinski definition) is 1. The molecule has 0 rings (SSSR count). The number of allylic oxidation sites excluding steroid dienone is 1. The molecule has 66 valence electrons. The molecule has 0 aliphatic heterocycles. The predicted molar refractivity (Wildman–Crippen MR) is 49.6 cm³/mol. The smallest absolute Gasteiger partial charge is 0.0720 e. The van der Waals surface area contributed by atoms with E-state index in [9.17, 15) is 5.11 Å². The first-order valence-electron chi connectivity index (χ1n) is 4.66. The van der Waals surface area contributed by atoms with Crippen molar-refractivity contribution in [3.8, 4) is 0 Å². The second-order valence-corrected chi connectivity index (χ2v) is 2.93. The lowest BCUT2D eigenvalue weighted by Crippen LogP contribution is -2.00. The lowest BCUT2D eigenvalue weighted by Gasteiger charge is -2.02. The minimum absolute atomic E-state index is 0.207. The summed E-state index contributed by atoms with van der Waals surface area (Å²) in [7, 11) is 0. The topological polar surface area (TPSA) is 20.2 Å². The van der Waals surface area contributed by atoms with Crippen LogP contribution in [0.1, 0.15) is 46.0 Å². The van der Waals surface area contributed by atoms with E-state index in [1.54, 1.807) is 0 Å². The highest BCUT2D eigenvalue weighted by molar-refractivity contribution is 4.87. The Labute approximate surface area is 70.1 Å². The van der Waals surface area contributed by atoms with E-state index < -0.39 is 0 Å². The molecule has 0 radical (unpaired) electrons. The third-order valence-corrected chi connectivity index (χ3v) is 1.67. The summed E-state index contributed by atoms with van der Waals surface area (Å²) in [5, 5.41) is 9.32. The van der Waals surface area contributed by atoms with Gasteiger partial charge in [-0.05, 0) is 12.8 Å². The fraction of sp³-hybridized carbons (Fsp3) is 0.800. The van der Waals surface area contributed by atoms with Crippen LogP contribution in [0, 0.1) is 0 Å². The van der Waals surface area contributed by atoms with Crippen LogP contribution in [-0.2, 0) is 0 Å². The molecule has 1 N–H and O–H groups in total. The molecule has 0 spiro atoms. The Morgan fingerprint density at radius 1 is 1.27 bits per heavy atom. The summed E-state index contributed by atoms with van der Waals surface area (Å²) in [5.41, 5.74) is 0. The normalized spacial score (nSPS) is 14.1. The summed E-state index contributed by atoms with van der Waals surface area (Å²) >= 11 is 0. The molecule has 1 unspecified atom stereocenters. The van der Waals surface area contributed by atoms with Crippen molar-refractivity contribution in [3.05, 3.63) is 12.2 Å². The van der Waals surface area contributed by atoms with Crippen LogP contribution < -0.4 is 0 Å². The maximum Gasteiger partial charge on any atom is 0.0720 e. The summed E-state index contributed by atoms with van der Waals surface area (Å²) in [5.74, 6) is 0. The first-order valence-corrected chi connectivity index (χ1v) is 4.66. The number of rotatable bonds is 6. The lowest BCUT2D eigenvalue weighted by atomic mass is 10.1. The molecule has 0 aromatic carbocycles. The molecule has 0 fully saturated rings. The van der Waals surface area contributed by atoms with Crippen LogP contribution in [-0.4, -0.2) is 11.2 Å². The van der Waals surface area contributed by atoms with Crippen LogP contribution in [0.5, 0.6) is 0 Å². The molecule has 0 amide bonds. The van der Waals surface area contributed by atoms with Crippen LogP contribution in [0.15, 0.2) is 12.2 Å². The number of hydrogen-bond acceptors (Lipinski definition) is 1. The van der Waals surface area contributed by atoms with Gasteiger partial charge in [-0.25, -0.2) is 0 Å². The maximum atomic E-state index is 9.32. The van der Waals surface area contributed by atoms with Gasteiger partial charge in [-0.1, -0.05) is 45.3 Å². The van der Waals surface area contributed by atoms with Gasteiger partial charge in [-0.15, -0.1) is 0 Å². The summed E-state index contributed by atoms with van der Waals surface area (Å²) in [6, 6.07) is 0.